The Morgan fingerprint density at radius 3 is 2.39 bits per heavy atom. The van der Waals surface area contributed by atoms with Gasteiger partial charge < -0.3 is 23.6 Å². The van der Waals surface area contributed by atoms with Crippen LogP contribution in [0.3, 0.4) is 0 Å². The second-order valence-corrected chi connectivity index (χ2v) is 8.04. The van der Waals surface area contributed by atoms with E-state index < -0.39 is 0 Å². The lowest BCUT2D eigenvalue weighted by Gasteiger charge is -2.28. The van der Waals surface area contributed by atoms with Gasteiger partial charge in [-0.25, -0.2) is 0 Å². The van der Waals surface area contributed by atoms with Gasteiger partial charge in [0.25, 0.3) is 0 Å². The first-order chi connectivity index (χ1) is 15.3. The Labute approximate surface area is 182 Å². The number of morpholine rings is 2. The quantitative estimate of drug-likeness (QED) is 0.449. The number of pyridine rings is 1. The Bertz CT molecular complexity index is 1040. The standard InChI is InChI=1S/C23H27BN4O3/c29-17-24-28-20(16-26-7-11-30-12-8-26)15-21-22(28)5-6-25-23(21)18-1-3-19(4-2-18)27-9-13-31-14-10-27/h1-6,15,17,24H,7-14,16H2. The molecule has 1 aromatic carbocycles. The molecule has 0 bridgehead atoms. The molecule has 0 atom stereocenters. The number of benzene rings is 1. The van der Waals surface area contributed by atoms with E-state index in [2.05, 4.69) is 44.6 Å². The Morgan fingerprint density at radius 2 is 1.68 bits per heavy atom. The average Bonchev–Trinajstić information content (AvgIpc) is 3.18. The summed E-state index contributed by atoms with van der Waals surface area (Å²) in [6, 6.07) is 12.8. The van der Waals surface area contributed by atoms with Crippen LogP contribution in [0.15, 0.2) is 42.6 Å². The highest BCUT2D eigenvalue weighted by Crippen LogP contribution is 2.31. The predicted molar refractivity (Wildman–Crippen MR) is 124 cm³/mol. The van der Waals surface area contributed by atoms with Gasteiger partial charge in [-0.05, 0) is 24.3 Å². The van der Waals surface area contributed by atoms with Gasteiger partial charge in [-0.15, -0.1) is 0 Å². The van der Waals surface area contributed by atoms with E-state index in [1.807, 2.05) is 12.3 Å². The normalized spacial score (nSPS) is 17.7. The highest BCUT2D eigenvalue weighted by atomic mass is 16.5. The van der Waals surface area contributed by atoms with Crippen LogP contribution >= 0.6 is 0 Å². The highest BCUT2D eigenvalue weighted by Gasteiger charge is 2.18. The van der Waals surface area contributed by atoms with Gasteiger partial charge in [0.15, 0.2) is 0 Å². The van der Waals surface area contributed by atoms with Crippen molar-refractivity contribution < 1.29 is 14.3 Å². The van der Waals surface area contributed by atoms with Gasteiger partial charge in [-0.2, -0.15) is 0 Å². The number of hydrogen-bond acceptors (Lipinski definition) is 6. The number of hydrogen-bond donors (Lipinski definition) is 0. The molecule has 0 spiro atoms. The molecule has 0 N–H and O–H groups in total. The lowest BCUT2D eigenvalue weighted by atomic mass is 9.97. The van der Waals surface area contributed by atoms with Crippen LogP contribution in [-0.4, -0.2) is 80.6 Å². The van der Waals surface area contributed by atoms with Gasteiger partial charge in [0.1, 0.15) is 6.19 Å². The smallest absolute Gasteiger partial charge is 0.315 e. The molecule has 0 amide bonds. The number of aromatic nitrogens is 2. The fourth-order valence-electron chi connectivity index (χ4n) is 4.53. The Hall–Kier alpha value is -2.68. The summed E-state index contributed by atoms with van der Waals surface area (Å²) < 4.78 is 13.1. The summed E-state index contributed by atoms with van der Waals surface area (Å²) in [6.07, 6.45) is 2.81. The zero-order chi connectivity index (χ0) is 21.0. The summed E-state index contributed by atoms with van der Waals surface area (Å²) in [4.78, 5) is 20.9. The molecule has 31 heavy (non-hydrogen) atoms. The monoisotopic (exact) mass is 418 g/mol. The number of anilines is 1. The minimum absolute atomic E-state index is 0.350. The SMILES string of the molecule is O=CBn1c(CN2CCOCC2)cc2c(-c3ccc(N4CCOCC4)cc3)nccc21. The Kier molecular flexibility index (Phi) is 6.02. The molecule has 0 radical (unpaired) electrons. The Morgan fingerprint density at radius 1 is 0.968 bits per heavy atom. The van der Waals surface area contributed by atoms with E-state index in [-0.39, 0.29) is 0 Å². The molecule has 0 unspecified atom stereocenters. The third-order valence-electron chi connectivity index (χ3n) is 6.18. The van der Waals surface area contributed by atoms with E-state index in [0.717, 1.165) is 93.2 Å². The number of rotatable bonds is 6. The van der Waals surface area contributed by atoms with Crippen LogP contribution in [0.5, 0.6) is 0 Å². The molecule has 160 valence electrons. The summed E-state index contributed by atoms with van der Waals surface area (Å²) >= 11 is 0. The summed E-state index contributed by atoms with van der Waals surface area (Å²) in [5.41, 5.74) is 5.45. The number of ether oxygens (including phenoxy) is 2. The van der Waals surface area contributed by atoms with Crippen molar-refractivity contribution in [1.29, 1.82) is 0 Å². The fourth-order valence-corrected chi connectivity index (χ4v) is 4.53. The topological polar surface area (TPSA) is 59.8 Å². The number of nitrogens with zero attached hydrogens (tertiary/aromatic N) is 4. The van der Waals surface area contributed by atoms with E-state index in [0.29, 0.717) is 7.41 Å². The van der Waals surface area contributed by atoms with Crippen molar-refractivity contribution in [2.75, 3.05) is 57.5 Å². The van der Waals surface area contributed by atoms with Gasteiger partial charge in [0.05, 0.1) is 32.1 Å². The second kappa shape index (κ2) is 9.22. The maximum absolute atomic E-state index is 11.4. The van der Waals surface area contributed by atoms with Crippen molar-refractivity contribution >= 4 is 30.2 Å². The van der Waals surface area contributed by atoms with Gasteiger partial charge in [0, 0.05) is 66.8 Å². The number of carbonyl (C=O) groups excluding carboxylic acids is 1. The zero-order valence-corrected chi connectivity index (χ0v) is 17.7. The molecule has 2 saturated heterocycles. The maximum atomic E-state index is 11.4. The maximum Gasteiger partial charge on any atom is 0.315 e. The van der Waals surface area contributed by atoms with E-state index in [1.165, 1.54) is 5.69 Å². The minimum atomic E-state index is 0.350. The van der Waals surface area contributed by atoms with Crippen molar-refractivity contribution in [2.24, 2.45) is 0 Å². The van der Waals surface area contributed by atoms with Crippen LogP contribution in [0.1, 0.15) is 5.69 Å². The third-order valence-corrected chi connectivity index (χ3v) is 6.18. The van der Waals surface area contributed by atoms with Gasteiger partial charge >= 0.3 is 7.41 Å². The lowest BCUT2D eigenvalue weighted by molar-refractivity contribution is 0.0336. The zero-order valence-electron chi connectivity index (χ0n) is 17.7. The van der Waals surface area contributed by atoms with Crippen LogP contribution in [0.4, 0.5) is 5.69 Å². The van der Waals surface area contributed by atoms with E-state index in [4.69, 9.17) is 14.5 Å². The third kappa shape index (κ3) is 4.24. The van der Waals surface area contributed by atoms with E-state index >= 15 is 0 Å². The minimum Gasteiger partial charge on any atom is -0.383 e. The lowest BCUT2D eigenvalue weighted by Crippen LogP contribution is -2.36. The van der Waals surface area contributed by atoms with Crippen LogP contribution in [0.2, 0.25) is 0 Å². The van der Waals surface area contributed by atoms with Crippen molar-refractivity contribution in [3.8, 4) is 11.3 Å². The molecule has 3 aromatic rings. The van der Waals surface area contributed by atoms with Crippen molar-refractivity contribution in [3.05, 3.63) is 48.3 Å². The molecule has 0 saturated carbocycles. The number of carbonyl (C=O) groups is 1. The first kappa shape index (κ1) is 20.2. The molecule has 2 aromatic heterocycles. The van der Waals surface area contributed by atoms with Crippen LogP contribution < -0.4 is 4.90 Å². The summed E-state index contributed by atoms with van der Waals surface area (Å²) in [6.45, 7) is 7.55. The van der Waals surface area contributed by atoms with E-state index in [1.54, 1.807) is 0 Å². The van der Waals surface area contributed by atoms with Crippen LogP contribution in [0, 0.1) is 0 Å². The van der Waals surface area contributed by atoms with Crippen LogP contribution in [0.25, 0.3) is 22.2 Å². The summed E-state index contributed by atoms with van der Waals surface area (Å²) in [7, 11) is 0.350. The average molecular weight is 418 g/mol. The van der Waals surface area contributed by atoms with Crippen molar-refractivity contribution in [2.45, 2.75) is 6.54 Å². The predicted octanol–water partition coefficient (Wildman–Crippen LogP) is 1.76. The molecule has 2 fully saturated rings. The summed E-state index contributed by atoms with van der Waals surface area (Å²) in [5, 5.41) is 1.09. The molecular weight excluding hydrogens is 391 g/mol. The van der Waals surface area contributed by atoms with Crippen molar-refractivity contribution in [3.63, 3.8) is 0 Å². The molecule has 5 rings (SSSR count). The molecule has 2 aliphatic heterocycles. The molecule has 0 aliphatic carbocycles. The number of fused-ring (bicyclic) bond motifs is 1. The second-order valence-electron chi connectivity index (χ2n) is 8.04. The molecular formula is C23H27BN4O3. The molecule has 4 heterocycles. The van der Waals surface area contributed by atoms with Crippen LogP contribution in [-0.2, 0) is 20.8 Å². The van der Waals surface area contributed by atoms with Gasteiger partial charge in [0.2, 0.25) is 0 Å². The highest BCUT2D eigenvalue weighted by molar-refractivity contribution is 6.66. The van der Waals surface area contributed by atoms with Gasteiger partial charge in [-0.3, -0.25) is 9.88 Å². The Balaban J connectivity index is 1.48. The fraction of sp³-hybridized carbons (Fsp3) is 0.391. The van der Waals surface area contributed by atoms with E-state index in [9.17, 15) is 4.79 Å². The summed E-state index contributed by atoms with van der Waals surface area (Å²) in [5.74, 6) is 0. The van der Waals surface area contributed by atoms with Crippen molar-refractivity contribution in [1.82, 2.24) is 14.4 Å². The first-order valence-electron chi connectivity index (χ1n) is 11.0. The van der Waals surface area contributed by atoms with Gasteiger partial charge in [-0.1, -0.05) is 12.1 Å². The molecule has 2 aliphatic rings. The largest absolute Gasteiger partial charge is 0.383 e. The molecule has 7 nitrogen and oxygen atoms in total. The first-order valence-corrected chi connectivity index (χ1v) is 11.0. The molecule has 8 heteroatoms.